The lowest BCUT2D eigenvalue weighted by Crippen LogP contribution is -2.39. The Morgan fingerprint density at radius 3 is 2.48 bits per heavy atom. The van der Waals surface area contributed by atoms with E-state index in [-0.39, 0.29) is 12.5 Å². The van der Waals surface area contributed by atoms with Gasteiger partial charge in [0.2, 0.25) is 5.91 Å². The fraction of sp³-hybridized carbons (Fsp3) is 0.263. The molecule has 1 aromatic carbocycles. The molecule has 1 heterocycles. The molecule has 0 atom stereocenters. The highest BCUT2D eigenvalue weighted by atomic mass is 32.1. The Kier molecular flexibility index (Phi) is 8.64. The van der Waals surface area contributed by atoms with Crippen molar-refractivity contribution in [2.24, 2.45) is 0 Å². The lowest BCUT2D eigenvalue weighted by molar-refractivity contribution is -0.147. The summed E-state index contributed by atoms with van der Waals surface area (Å²) in [7, 11) is 0. The van der Waals surface area contributed by atoms with Crippen LogP contribution in [0.15, 0.2) is 41.8 Å². The fourth-order valence-corrected chi connectivity index (χ4v) is 2.76. The van der Waals surface area contributed by atoms with Crippen LogP contribution in [0.25, 0.3) is 0 Å². The molecule has 3 N–H and O–H groups in total. The van der Waals surface area contributed by atoms with Gasteiger partial charge in [0, 0.05) is 0 Å². The number of carbonyl (C=O) groups is 4. The fourth-order valence-electron chi connectivity index (χ4n) is 2.12. The summed E-state index contributed by atoms with van der Waals surface area (Å²) in [4.78, 5) is 47.5. The van der Waals surface area contributed by atoms with Crippen LogP contribution in [0.2, 0.25) is 0 Å². The summed E-state index contributed by atoms with van der Waals surface area (Å²) >= 11 is 1.25. The topological polar surface area (TPSA) is 123 Å². The third-order valence-electron chi connectivity index (χ3n) is 3.41. The molecule has 10 heteroatoms. The molecule has 1 aromatic heterocycles. The Bertz CT molecular complexity index is 853. The Hall–Kier alpha value is -3.40. The molecular formula is C19H21N3O6S. The van der Waals surface area contributed by atoms with Gasteiger partial charge in [-0.15, -0.1) is 11.3 Å². The second-order valence-electron chi connectivity index (χ2n) is 5.57. The van der Waals surface area contributed by atoms with Crippen molar-refractivity contribution in [3.63, 3.8) is 0 Å². The maximum absolute atomic E-state index is 11.9. The first-order valence-electron chi connectivity index (χ1n) is 8.75. The molecule has 0 spiro atoms. The van der Waals surface area contributed by atoms with Crippen LogP contribution in [0.1, 0.15) is 16.6 Å². The van der Waals surface area contributed by atoms with Crippen molar-refractivity contribution in [1.82, 2.24) is 10.6 Å². The summed E-state index contributed by atoms with van der Waals surface area (Å²) in [6, 6.07) is 10.2. The van der Waals surface area contributed by atoms with Crippen molar-refractivity contribution in [2.45, 2.75) is 6.92 Å². The first-order valence-corrected chi connectivity index (χ1v) is 9.63. The number of carbonyl (C=O) groups excluding carboxylic acids is 4. The molecule has 0 unspecified atom stereocenters. The number of hydrogen-bond donors (Lipinski definition) is 3. The van der Waals surface area contributed by atoms with Crippen molar-refractivity contribution in [2.75, 3.05) is 31.6 Å². The number of thiophene rings is 1. The highest BCUT2D eigenvalue weighted by Gasteiger charge is 2.13. The minimum atomic E-state index is -0.781. The van der Waals surface area contributed by atoms with Crippen LogP contribution in [0.4, 0.5) is 5.69 Å². The lowest BCUT2D eigenvalue weighted by Gasteiger charge is -2.11. The Morgan fingerprint density at radius 2 is 1.76 bits per heavy atom. The van der Waals surface area contributed by atoms with E-state index in [1.165, 1.54) is 11.3 Å². The summed E-state index contributed by atoms with van der Waals surface area (Å²) < 4.78 is 10.2. The number of benzene rings is 1. The molecule has 3 amide bonds. The number of para-hydroxylation sites is 2. The summed E-state index contributed by atoms with van der Waals surface area (Å²) in [5.74, 6) is -1.74. The highest BCUT2D eigenvalue weighted by Crippen LogP contribution is 2.23. The summed E-state index contributed by atoms with van der Waals surface area (Å²) in [5, 5.41) is 9.07. The van der Waals surface area contributed by atoms with Crippen molar-refractivity contribution in [3.8, 4) is 5.75 Å². The van der Waals surface area contributed by atoms with Gasteiger partial charge in [0.1, 0.15) is 12.3 Å². The first kappa shape index (κ1) is 21.9. The zero-order valence-electron chi connectivity index (χ0n) is 15.7. The van der Waals surface area contributed by atoms with Crippen LogP contribution < -0.4 is 20.7 Å². The van der Waals surface area contributed by atoms with Crippen LogP contribution in [0.5, 0.6) is 5.75 Å². The summed E-state index contributed by atoms with van der Waals surface area (Å²) in [6.07, 6.45) is 0. The minimum absolute atomic E-state index is 0.279. The third-order valence-corrected chi connectivity index (χ3v) is 4.28. The number of hydrogen-bond acceptors (Lipinski definition) is 7. The molecular weight excluding hydrogens is 398 g/mol. The van der Waals surface area contributed by atoms with E-state index >= 15 is 0 Å². The standard InChI is InChI=1S/C19H21N3O6S/c1-2-27-14-7-4-3-6-13(14)22-17(24)12-28-18(25)11-20-16(23)10-21-19(26)15-8-5-9-29-15/h3-9H,2,10-12H2,1H3,(H,20,23)(H,21,26)(H,22,24). The van der Waals surface area contributed by atoms with Gasteiger partial charge in [0.05, 0.1) is 23.7 Å². The predicted octanol–water partition coefficient (Wildman–Crippen LogP) is 1.17. The van der Waals surface area contributed by atoms with E-state index < -0.39 is 30.9 Å². The van der Waals surface area contributed by atoms with E-state index in [2.05, 4.69) is 16.0 Å². The SMILES string of the molecule is CCOc1ccccc1NC(=O)COC(=O)CNC(=O)CNC(=O)c1cccs1. The van der Waals surface area contributed by atoms with Gasteiger partial charge in [0.15, 0.2) is 6.61 Å². The molecule has 0 aliphatic carbocycles. The van der Waals surface area contributed by atoms with Crippen molar-refractivity contribution < 1.29 is 28.7 Å². The predicted molar refractivity (Wildman–Crippen MR) is 107 cm³/mol. The van der Waals surface area contributed by atoms with Gasteiger partial charge >= 0.3 is 5.97 Å². The molecule has 2 aromatic rings. The van der Waals surface area contributed by atoms with Crippen LogP contribution in [-0.4, -0.2) is 50.0 Å². The smallest absolute Gasteiger partial charge is 0.325 e. The number of anilines is 1. The Labute approximate surface area is 171 Å². The monoisotopic (exact) mass is 419 g/mol. The highest BCUT2D eigenvalue weighted by molar-refractivity contribution is 7.12. The van der Waals surface area contributed by atoms with Crippen LogP contribution in [0, 0.1) is 0 Å². The van der Waals surface area contributed by atoms with Crippen molar-refractivity contribution in [3.05, 3.63) is 46.7 Å². The van der Waals surface area contributed by atoms with E-state index in [0.29, 0.717) is 22.9 Å². The third kappa shape index (κ3) is 7.62. The zero-order valence-corrected chi connectivity index (χ0v) is 16.5. The molecule has 0 fully saturated rings. The second-order valence-corrected chi connectivity index (χ2v) is 6.52. The largest absolute Gasteiger partial charge is 0.492 e. The van der Waals surface area contributed by atoms with Gasteiger partial charge in [-0.1, -0.05) is 18.2 Å². The van der Waals surface area contributed by atoms with Gasteiger partial charge in [0.25, 0.3) is 11.8 Å². The molecule has 0 bridgehead atoms. The van der Waals surface area contributed by atoms with Crippen molar-refractivity contribution in [1.29, 1.82) is 0 Å². The molecule has 0 saturated heterocycles. The zero-order chi connectivity index (χ0) is 21.1. The molecule has 2 rings (SSSR count). The van der Waals surface area contributed by atoms with Crippen LogP contribution >= 0.6 is 11.3 Å². The molecule has 154 valence electrons. The molecule has 0 saturated carbocycles. The summed E-state index contributed by atoms with van der Waals surface area (Å²) in [5.41, 5.74) is 0.463. The van der Waals surface area contributed by atoms with E-state index in [1.807, 2.05) is 6.92 Å². The summed E-state index contributed by atoms with van der Waals surface area (Å²) in [6.45, 7) is 1.05. The number of nitrogens with one attached hydrogen (secondary N) is 3. The van der Waals surface area contributed by atoms with Crippen LogP contribution in [-0.2, 0) is 19.1 Å². The number of esters is 1. The second kappa shape index (κ2) is 11.4. The molecule has 29 heavy (non-hydrogen) atoms. The Balaban J connectivity index is 1.65. The first-order chi connectivity index (χ1) is 14.0. The van der Waals surface area contributed by atoms with Gasteiger partial charge in [-0.3, -0.25) is 19.2 Å². The average Bonchev–Trinajstić information content (AvgIpc) is 3.25. The maximum atomic E-state index is 11.9. The Morgan fingerprint density at radius 1 is 0.966 bits per heavy atom. The van der Waals surface area contributed by atoms with Gasteiger partial charge in [-0.25, -0.2) is 0 Å². The van der Waals surface area contributed by atoms with E-state index in [4.69, 9.17) is 9.47 Å². The molecule has 0 aliphatic heterocycles. The van der Waals surface area contributed by atoms with E-state index in [9.17, 15) is 19.2 Å². The van der Waals surface area contributed by atoms with Gasteiger partial charge in [-0.05, 0) is 30.5 Å². The van der Waals surface area contributed by atoms with Crippen molar-refractivity contribution >= 4 is 40.7 Å². The number of ether oxygens (including phenoxy) is 2. The maximum Gasteiger partial charge on any atom is 0.325 e. The van der Waals surface area contributed by atoms with Gasteiger partial charge < -0.3 is 25.4 Å². The van der Waals surface area contributed by atoms with E-state index in [1.54, 1.807) is 41.8 Å². The van der Waals surface area contributed by atoms with Gasteiger partial charge in [-0.2, -0.15) is 0 Å². The molecule has 0 aliphatic rings. The lowest BCUT2D eigenvalue weighted by atomic mass is 10.3. The minimum Gasteiger partial charge on any atom is -0.492 e. The van der Waals surface area contributed by atoms with Crippen LogP contribution in [0.3, 0.4) is 0 Å². The number of rotatable bonds is 10. The molecule has 0 radical (unpaired) electrons. The normalized spacial score (nSPS) is 9.97. The van der Waals surface area contributed by atoms with E-state index in [0.717, 1.165) is 0 Å². The number of amides is 3. The quantitative estimate of drug-likeness (QED) is 0.497. The molecule has 9 nitrogen and oxygen atoms in total. The average molecular weight is 419 g/mol.